The summed E-state index contributed by atoms with van der Waals surface area (Å²) in [5.74, 6) is 0.127. The molecule has 0 aliphatic carbocycles. The van der Waals surface area contributed by atoms with Crippen LogP contribution in [0.5, 0.6) is 0 Å². The van der Waals surface area contributed by atoms with Crippen molar-refractivity contribution >= 4 is 17.5 Å². The highest BCUT2D eigenvalue weighted by Crippen LogP contribution is 2.25. The van der Waals surface area contributed by atoms with Crippen LogP contribution in [0.1, 0.15) is 11.1 Å². The van der Waals surface area contributed by atoms with Gasteiger partial charge >= 0.3 is 0 Å². The Morgan fingerprint density at radius 3 is 3.16 bits per heavy atom. The standard InChI is InChI=1S/C14H19ClN2O2/c1-19-8-6-16-9-14(18)17-7-5-12-11(10-17)3-2-4-13(12)15/h2-4,16H,5-10H2,1H3. The molecular weight excluding hydrogens is 264 g/mol. The first-order chi connectivity index (χ1) is 9.22. The third kappa shape index (κ3) is 3.69. The fourth-order valence-corrected chi connectivity index (χ4v) is 2.55. The minimum atomic E-state index is 0.127. The van der Waals surface area contributed by atoms with Gasteiger partial charge in [0.15, 0.2) is 0 Å². The number of hydrogen-bond acceptors (Lipinski definition) is 3. The Bertz CT molecular complexity index is 451. The summed E-state index contributed by atoms with van der Waals surface area (Å²) < 4.78 is 4.93. The lowest BCUT2D eigenvalue weighted by Crippen LogP contribution is -2.41. The van der Waals surface area contributed by atoms with Crippen molar-refractivity contribution in [2.45, 2.75) is 13.0 Å². The zero-order chi connectivity index (χ0) is 13.7. The summed E-state index contributed by atoms with van der Waals surface area (Å²) in [7, 11) is 1.65. The van der Waals surface area contributed by atoms with Gasteiger partial charge in [-0.15, -0.1) is 0 Å². The van der Waals surface area contributed by atoms with E-state index in [0.29, 0.717) is 26.2 Å². The number of hydrogen-bond donors (Lipinski definition) is 1. The van der Waals surface area contributed by atoms with E-state index in [4.69, 9.17) is 16.3 Å². The van der Waals surface area contributed by atoms with Gasteiger partial charge in [-0.25, -0.2) is 0 Å². The summed E-state index contributed by atoms with van der Waals surface area (Å²) in [5, 5.41) is 3.88. The summed E-state index contributed by atoms with van der Waals surface area (Å²) in [5.41, 5.74) is 2.34. The molecule has 0 saturated carbocycles. The van der Waals surface area contributed by atoms with Crippen molar-refractivity contribution in [1.82, 2.24) is 10.2 Å². The molecule has 5 heteroatoms. The largest absolute Gasteiger partial charge is 0.383 e. The van der Waals surface area contributed by atoms with Crippen molar-refractivity contribution in [3.8, 4) is 0 Å². The van der Waals surface area contributed by atoms with Gasteiger partial charge in [0.05, 0.1) is 13.2 Å². The fourth-order valence-electron chi connectivity index (χ4n) is 2.26. The predicted octanol–water partition coefficient (Wildman–Crippen LogP) is 1.46. The molecule has 104 valence electrons. The molecule has 1 aliphatic heterocycles. The van der Waals surface area contributed by atoms with E-state index < -0.39 is 0 Å². The second-order valence-electron chi connectivity index (χ2n) is 4.61. The van der Waals surface area contributed by atoms with Gasteiger partial charge in [0.25, 0.3) is 0 Å². The minimum absolute atomic E-state index is 0.127. The van der Waals surface area contributed by atoms with E-state index in [1.165, 1.54) is 5.56 Å². The van der Waals surface area contributed by atoms with Crippen LogP contribution < -0.4 is 5.32 Å². The molecule has 1 aromatic rings. The molecule has 0 bridgehead atoms. The first-order valence-corrected chi connectivity index (χ1v) is 6.84. The molecule has 0 radical (unpaired) electrons. The van der Waals surface area contributed by atoms with Crippen LogP contribution in [0.3, 0.4) is 0 Å². The number of nitrogens with zero attached hydrogens (tertiary/aromatic N) is 1. The number of carbonyl (C=O) groups is 1. The SMILES string of the molecule is COCCNCC(=O)N1CCc2c(Cl)cccc2C1. The molecule has 0 atom stereocenters. The Hall–Kier alpha value is -1.10. The number of ether oxygens (including phenoxy) is 1. The lowest BCUT2D eigenvalue weighted by molar-refractivity contribution is -0.131. The summed E-state index contributed by atoms with van der Waals surface area (Å²) in [6, 6.07) is 5.88. The zero-order valence-electron chi connectivity index (χ0n) is 11.1. The summed E-state index contributed by atoms with van der Waals surface area (Å²) in [6.07, 6.45) is 0.832. The highest BCUT2D eigenvalue weighted by Gasteiger charge is 2.21. The predicted molar refractivity (Wildman–Crippen MR) is 75.3 cm³/mol. The smallest absolute Gasteiger partial charge is 0.236 e. The molecule has 1 heterocycles. The number of fused-ring (bicyclic) bond motifs is 1. The second-order valence-corrected chi connectivity index (χ2v) is 5.02. The Labute approximate surface area is 118 Å². The maximum atomic E-state index is 12.0. The van der Waals surface area contributed by atoms with E-state index >= 15 is 0 Å². The molecule has 4 nitrogen and oxygen atoms in total. The van der Waals surface area contributed by atoms with Crippen molar-refractivity contribution in [3.63, 3.8) is 0 Å². The molecule has 1 amide bonds. The number of rotatable bonds is 5. The van der Waals surface area contributed by atoms with Crippen LogP contribution in [0.15, 0.2) is 18.2 Å². The highest BCUT2D eigenvalue weighted by atomic mass is 35.5. The summed E-state index contributed by atoms with van der Waals surface area (Å²) >= 11 is 6.16. The van der Waals surface area contributed by atoms with E-state index in [9.17, 15) is 4.79 Å². The third-order valence-corrected chi connectivity index (χ3v) is 3.67. The Morgan fingerprint density at radius 1 is 1.53 bits per heavy atom. The van der Waals surface area contributed by atoms with E-state index in [0.717, 1.165) is 23.6 Å². The molecule has 0 aromatic heterocycles. The van der Waals surface area contributed by atoms with Crippen molar-refractivity contribution in [2.75, 3.05) is 33.4 Å². The zero-order valence-corrected chi connectivity index (χ0v) is 11.9. The summed E-state index contributed by atoms with van der Waals surface area (Å²) in [6.45, 7) is 3.06. The quantitative estimate of drug-likeness (QED) is 0.832. The minimum Gasteiger partial charge on any atom is -0.383 e. The van der Waals surface area contributed by atoms with Crippen LogP contribution in [0, 0.1) is 0 Å². The number of benzene rings is 1. The molecular formula is C14H19ClN2O2. The van der Waals surface area contributed by atoms with E-state index in [1.54, 1.807) is 7.11 Å². The average Bonchev–Trinajstić information content (AvgIpc) is 2.43. The van der Waals surface area contributed by atoms with Gasteiger partial charge in [0.2, 0.25) is 5.91 Å². The van der Waals surface area contributed by atoms with Crippen LogP contribution >= 0.6 is 11.6 Å². The van der Waals surface area contributed by atoms with Crippen LogP contribution in [-0.2, 0) is 22.5 Å². The van der Waals surface area contributed by atoms with Gasteiger partial charge in [-0.05, 0) is 23.6 Å². The Kier molecular flexibility index (Phi) is 5.19. The highest BCUT2D eigenvalue weighted by molar-refractivity contribution is 6.31. The average molecular weight is 283 g/mol. The lowest BCUT2D eigenvalue weighted by atomic mass is 10.00. The van der Waals surface area contributed by atoms with Crippen molar-refractivity contribution in [3.05, 3.63) is 34.3 Å². The van der Waals surface area contributed by atoms with Gasteiger partial charge in [-0.3, -0.25) is 4.79 Å². The van der Waals surface area contributed by atoms with Gasteiger partial charge in [-0.2, -0.15) is 0 Å². The van der Waals surface area contributed by atoms with Gasteiger partial charge in [0.1, 0.15) is 0 Å². The molecule has 19 heavy (non-hydrogen) atoms. The van der Waals surface area contributed by atoms with Gasteiger partial charge in [-0.1, -0.05) is 23.7 Å². The Morgan fingerprint density at radius 2 is 2.37 bits per heavy atom. The van der Waals surface area contributed by atoms with Crippen molar-refractivity contribution in [2.24, 2.45) is 0 Å². The number of halogens is 1. The first-order valence-electron chi connectivity index (χ1n) is 6.46. The fraction of sp³-hybridized carbons (Fsp3) is 0.500. The molecule has 2 rings (SSSR count). The Balaban J connectivity index is 1.89. The molecule has 1 N–H and O–H groups in total. The normalized spacial score (nSPS) is 14.3. The number of methoxy groups -OCH3 is 1. The van der Waals surface area contributed by atoms with Crippen molar-refractivity contribution < 1.29 is 9.53 Å². The third-order valence-electron chi connectivity index (χ3n) is 3.32. The topological polar surface area (TPSA) is 41.6 Å². The van der Waals surface area contributed by atoms with Gasteiger partial charge in [0, 0.05) is 31.8 Å². The summed E-state index contributed by atoms with van der Waals surface area (Å²) in [4.78, 5) is 13.9. The van der Waals surface area contributed by atoms with Crippen LogP contribution in [-0.4, -0.2) is 44.2 Å². The van der Waals surface area contributed by atoms with E-state index in [1.807, 2.05) is 23.1 Å². The molecule has 1 aromatic carbocycles. The number of amides is 1. The van der Waals surface area contributed by atoms with Crippen LogP contribution in [0.25, 0.3) is 0 Å². The van der Waals surface area contributed by atoms with E-state index in [2.05, 4.69) is 5.32 Å². The van der Waals surface area contributed by atoms with E-state index in [-0.39, 0.29) is 5.91 Å². The number of carbonyl (C=O) groups excluding carboxylic acids is 1. The molecule has 0 spiro atoms. The van der Waals surface area contributed by atoms with Crippen molar-refractivity contribution in [1.29, 1.82) is 0 Å². The maximum Gasteiger partial charge on any atom is 0.236 e. The molecule has 0 fully saturated rings. The molecule has 0 unspecified atom stereocenters. The second kappa shape index (κ2) is 6.89. The monoisotopic (exact) mass is 282 g/mol. The van der Waals surface area contributed by atoms with Gasteiger partial charge < -0.3 is 15.0 Å². The molecule has 1 aliphatic rings. The van der Waals surface area contributed by atoms with Crippen LogP contribution in [0.2, 0.25) is 5.02 Å². The molecule has 0 saturated heterocycles. The maximum absolute atomic E-state index is 12.0. The first kappa shape index (κ1) is 14.3. The van der Waals surface area contributed by atoms with Crippen LogP contribution in [0.4, 0.5) is 0 Å². The lowest BCUT2D eigenvalue weighted by Gasteiger charge is -2.29. The number of nitrogens with one attached hydrogen (secondary N) is 1.